The van der Waals surface area contributed by atoms with Crippen LogP contribution in [0, 0.1) is 5.41 Å². The van der Waals surface area contributed by atoms with Gasteiger partial charge < -0.3 is 15.5 Å². The Labute approximate surface area is 144 Å². The van der Waals surface area contributed by atoms with Gasteiger partial charge in [0.25, 0.3) is 0 Å². The zero-order chi connectivity index (χ0) is 17.7. The third kappa shape index (κ3) is 4.94. The molecule has 1 atom stereocenters. The SMILES string of the molecule is CC(NC(=O)C(C)(C)C)C(=O)NCc1ccnc(N2CCCC2)c1. The van der Waals surface area contributed by atoms with Crippen LogP contribution in [0.5, 0.6) is 0 Å². The minimum absolute atomic E-state index is 0.134. The minimum Gasteiger partial charge on any atom is -0.357 e. The fourth-order valence-electron chi connectivity index (χ4n) is 2.51. The molecule has 1 aliphatic rings. The molecule has 6 nitrogen and oxygen atoms in total. The Balaban J connectivity index is 1.87. The van der Waals surface area contributed by atoms with Crippen molar-refractivity contribution >= 4 is 17.6 Å². The Hall–Kier alpha value is -2.11. The summed E-state index contributed by atoms with van der Waals surface area (Å²) in [5, 5.41) is 5.61. The van der Waals surface area contributed by atoms with Crippen LogP contribution in [0.2, 0.25) is 0 Å². The molecule has 0 saturated carbocycles. The molecule has 1 saturated heterocycles. The Morgan fingerprint density at radius 3 is 2.58 bits per heavy atom. The van der Waals surface area contributed by atoms with E-state index in [2.05, 4.69) is 20.5 Å². The number of hydrogen-bond acceptors (Lipinski definition) is 4. The number of aromatic nitrogens is 1. The fraction of sp³-hybridized carbons (Fsp3) is 0.611. The third-order valence-corrected chi connectivity index (χ3v) is 4.13. The van der Waals surface area contributed by atoms with Gasteiger partial charge in [0.15, 0.2) is 0 Å². The predicted octanol–water partition coefficient (Wildman–Crippen LogP) is 1.85. The maximum atomic E-state index is 12.2. The molecule has 2 rings (SSSR count). The summed E-state index contributed by atoms with van der Waals surface area (Å²) in [5.74, 6) is 0.644. The van der Waals surface area contributed by atoms with Crippen molar-refractivity contribution in [2.24, 2.45) is 5.41 Å². The van der Waals surface area contributed by atoms with E-state index in [-0.39, 0.29) is 11.8 Å². The van der Waals surface area contributed by atoms with Gasteiger partial charge in [-0.25, -0.2) is 4.98 Å². The highest BCUT2D eigenvalue weighted by atomic mass is 16.2. The molecule has 24 heavy (non-hydrogen) atoms. The first-order valence-corrected chi connectivity index (χ1v) is 8.56. The number of anilines is 1. The van der Waals surface area contributed by atoms with E-state index in [9.17, 15) is 9.59 Å². The highest BCUT2D eigenvalue weighted by molar-refractivity contribution is 5.89. The molecule has 0 aliphatic carbocycles. The van der Waals surface area contributed by atoms with Crippen LogP contribution in [0.25, 0.3) is 0 Å². The maximum Gasteiger partial charge on any atom is 0.242 e. The zero-order valence-electron chi connectivity index (χ0n) is 15.1. The number of rotatable bonds is 5. The summed E-state index contributed by atoms with van der Waals surface area (Å²) in [6, 6.07) is 3.36. The zero-order valence-corrected chi connectivity index (χ0v) is 15.1. The number of carbonyl (C=O) groups is 2. The van der Waals surface area contributed by atoms with Gasteiger partial charge in [-0.05, 0) is 37.5 Å². The van der Waals surface area contributed by atoms with Crippen LogP contribution in [0.4, 0.5) is 5.82 Å². The lowest BCUT2D eigenvalue weighted by Gasteiger charge is -2.21. The van der Waals surface area contributed by atoms with E-state index < -0.39 is 11.5 Å². The van der Waals surface area contributed by atoms with Crippen molar-refractivity contribution in [2.75, 3.05) is 18.0 Å². The van der Waals surface area contributed by atoms with E-state index in [1.54, 1.807) is 13.1 Å². The average molecular weight is 332 g/mol. The summed E-state index contributed by atoms with van der Waals surface area (Å²) in [5.41, 5.74) is 0.499. The monoisotopic (exact) mass is 332 g/mol. The predicted molar refractivity (Wildman–Crippen MR) is 94.6 cm³/mol. The van der Waals surface area contributed by atoms with Crippen molar-refractivity contribution in [3.63, 3.8) is 0 Å². The topological polar surface area (TPSA) is 74.3 Å². The molecular weight excluding hydrogens is 304 g/mol. The Kier molecular flexibility index (Phi) is 5.80. The molecule has 1 fully saturated rings. The number of pyridine rings is 1. The van der Waals surface area contributed by atoms with Crippen molar-refractivity contribution in [1.29, 1.82) is 0 Å². The molecule has 0 radical (unpaired) electrons. The second kappa shape index (κ2) is 7.64. The molecule has 1 aromatic rings. The van der Waals surface area contributed by atoms with Gasteiger partial charge in [0.1, 0.15) is 11.9 Å². The average Bonchev–Trinajstić information content (AvgIpc) is 3.06. The standard InChI is InChI=1S/C18H28N4O2/c1-13(21-17(24)18(2,3)4)16(23)20-12-14-7-8-19-15(11-14)22-9-5-6-10-22/h7-8,11,13H,5-6,9-10,12H2,1-4H3,(H,20,23)(H,21,24). The first-order valence-electron chi connectivity index (χ1n) is 8.56. The highest BCUT2D eigenvalue weighted by Crippen LogP contribution is 2.18. The number of nitrogens with one attached hydrogen (secondary N) is 2. The molecular formula is C18H28N4O2. The van der Waals surface area contributed by atoms with Gasteiger partial charge >= 0.3 is 0 Å². The van der Waals surface area contributed by atoms with Gasteiger partial charge in [-0.2, -0.15) is 0 Å². The summed E-state index contributed by atoms with van der Waals surface area (Å²) >= 11 is 0. The van der Waals surface area contributed by atoms with Crippen molar-refractivity contribution in [2.45, 2.75) is 53.1 Å². The number of nitrogens with zero attached hydrogens (tertiary/aromatic N) is 2. The molecule has 6 heteroatoms. The van der Waals surface area contributed by atoms with Crippen LogP contribution < -0.4 is 15.5 Å². The van der Waals surface area contributed by atoms with Crippen LogP contribution in [-0.4, -0.2) is 35.9 Å². The lowest BCUT2D eigenvalue weighted by molar-refractivity contribution is -0.133. The van der Waals surface area contributed by atoms with Gasteiger partial charge in [0.2, 0.25) is 11.8 Å². The largest absolute Gasteiger partial charge is 0.357 e. The van der Waals surface area contributed by atoms with Gasteiger partial charge in [-0.1, -0.05) is 20.8 Å². The van der Waals surface area contributed by atoms with Crippen molar-refractivity contribution in [3.05, 3.63) is 23.9 Å². The van der Waals surface area contributed by atoms with Crippen LogP contribution in [-0.2, 0) is 16.1 Å². The minimum atomic E-state index is -0.559. The Bertz CT molecular complexity index is 589. The number of amides is 2. The molecule has 2 heterocycles. The van der Waals surface area contributed by atoms with Gasteiger partial charge in [-0.15, -0.1) is 0 Å². The van der Waals surface area contributed by atoms with Gasteiger partial charge in [0, 0.05) is 31.2 Å². The first-order chi connectivity index (χ1) is 11.3. The van der Waals surface area contributed by atoms with E-state index in [0.717, 1.165) is 24.5 Å². The molecule has 1 aliphatic heterocycles. The smallest absolute Gasteiger partial charge is 0.242 e. The lowest BCUT2D eigenvalue weighted by Crippen LogP contribution is -2.48. The highest BCUT2D eigenvalue weighted by Gasteiger charge is 2.25. The van der Waals surface area contributed by atoms with Crippen LogP contribution in [0.1, 0.15) is 46.1 Å². The lowest BCUT2D eigenvalue weighted by atomic mass is 9.95. The quantitative estimate of drug-likeness (QED) is 0.863. The molecule has 132 valence electrons. The van der Waals surface area contributed by atoms with E-state index in [1.165, 1.54) is 12.8 Å². The molecule has 1 aromatic heterocycles. The Morgan fingerprint density at radius 2 is 1.96 bits per heavy atom. The van der Waals surface area contributed by atoms with Crippen LogP contribution in [0.3, 0.4) is 0 Å². The number of carbonyl (C=O) groups excluding carboxylic acids is 2. The summed E-state index contributed by atoms with van der Waals surface area (Å²) in [6.07, 6.45) is 4.18. The number of hydrogen-bond donors (Lipinski definition) is 2. The van der Waals surface area contributed by atoms with E-state index >= 15 is 0 Å². The second-order valence-electron chi connectivity index (χ2n) is 7.38. The van der Waals surface area contributed by atoms with E-state index in [4.69, 9.17) is 0 Å². The van der Waals surface area contributed by atoms with Crippen molar-refractivity contribution in [3.8, 4) is 0 Å². The summed E-state index contributed by atoms with van der Waals surface area (Å²) < 4.78 is 0. The van der Waals surface area contributed by atoms with Crippen LogP contribution >= 0.6 is 0 Å². The normalized spacial score (nSPS) is 15.9. The van der Waals surface area contributed by atoms with Gasteiger partial charge in [0.05, 0.1) is 0 Å². The Morgan fingerprint density at radius 1 is 1.29 bits per heavy atom. The molecule has 0 bridgehead atoms. The van der Waals surface area contributed by atoms with Crippen LogP contribution in [0.15, 0.2) is 18.3 Å². The van der Waals surface area contributed by atoms with E-state index in [0.29, 0.717) is 6.54 Å². The summed E-state index contributed by atoms with van der Waals surface area (Å²) in [4.78, 5) is 30.8. The molecule has 0 spiro atoms. The molecule has 1 unspecified atom stereocenters. The van der Waals surface area contributed by atoms with Crippen molar-refractivity contribution < 1.29 is 9.59 Å². The third-order valence-electron chi connectivity index (χ3n) is 4.13. The second-order valence-corrected chi connectivity index (χ2v) is 7.38. The molecule has 2 amide bonds. The maximum absolute atomic E-state index is 12.2. The fourth-order valence-corrected chi connectivity index (χ4v) is 2.51. The summed E-state index contributed by atoms with van der Waals surface area (Å²) in [7, 11) is 0. The first kappa shape index (κ1) is 18.2. The molecule has 0 aromatic carbocycles. The summed E-state index contributed by atoms with van der Waals surface area (Å²) in [6.45, 7) is 9.67. The van der Waals surface area contributed by atoms with E-state index in [1.807, 2.05) is 32.9 Å². The van der Waals surface area contributed by atoms with Gasteiger partial charge in [-0.3, -0.25) is 9.59 Å². The van der Waals surface area contributed by atoms with Crippen molar-refractivity contribution in [1.82, 2.24) is 15.6 Å². The molecule has 2 N–H and O–H groups in total.